The summed E-state index contributed by atoms with van der Waals surface area (Å²) in [5.41, 5.74) is 0.137. The maximum absolute atomic E-state index is 10.0. The Morgan fingerprint density at radius 1 is 1.36 bits per heavy atom. The average molecular weight is 217 g/mol. The van der Waals surface area contributed by atoms with Gasteiger partial charge in [0.15, 0.2) is 0 Å². The molecule has 0 aliphatic rings. The third-order valence-corrected chi connectivity index (χ3v) is 1.47. The Morgan fingerprint density at radius 3 is 2.00 bits per heavy atom. The molecule has 1 aromatic rings. The van der Waals surface area contributed by atoms with Crippen LogP contribution in [0.3, 0.4) is 0 Å². The van der Waals surface area contributed by atoms with Crippen molar-refractivity contribution in [3.05, 3.63) is 40.4 Å². The summed E-state index contributed by atoms with van der Waals surface area (Å²) < 4.78 is 20.5. The zero-order valence-electron chi connectivity index (χ0n) is 7.38. The SMILES string of the molecule is CNS(=O)[O-].O=[N+]([O-])c1ccccc1. The van der Waals surface area contributed by atoms with Crippen LogP contribution < -0.4 is 4.72 Å². The van der Waals surface area contributed by atoms with E-state index in [4.69, 9.17) is 0 Å². The molecule has 0 fully saturated rings. The first-order valence-corrected chi connectivity index (χ1v) is 4.61. The molecule has 0 bridgehead atoms. The lowest BCUT2D eigenvalue weighted by Gasteiger charge is -1.95. The van der Waals surface area contributed by atoms with E-state index in [-0.39, 0.29) is 5.69 Å². The molecule has 0 radical (unpaired) electrons. The average Bonchev–Trinajstić information content (AvgIpc) is 2.20. The minimum atomic E-state index is -2.07. The fourth-order valence-electron chi connectivity index (χ4n) is 0.550. The molecule has 0 saturated heterocycles. The molecule has 1 N–H and O–H groups in total. The second kappa shape index (κ2) is 7.13. The van der Waals surface area contributed by atoms with Crippen LogP contribution in [0.25, 0.3) is 0 Å². The molecule has 0 aliphatic carbocycles. The van der Waals surface area contributed by atoms with Gasteiger partial charge < -0.3 is 4.55 Å². The van der Waals surface area contributed by atoms with Gasteiger partial charge in [-0.05, 0) is 7.05 Å². The molecule has 1 aromatic carbocycles. The molecular weight excluding hydrogens is 208 g/mol. The van der Waals surface area contributed by atoms with Gasteiger partial charge in [0.25, 0.3) is 5.69 Å². The quantitative estimate of drug-likeness (QED) is 0.445. The Labute approximate surface area is 83.5 Å². The van der Waals surface area contributed by atoms with Crippen LogP contribution in [0.1, 0.15) is 0 Å². The number of nitrogens with one attached hydrogen (secondary N) is 1. The molecule has 0 aromatic heterocycles. The van der Waals surface area contributed by atoms with Gasteiger partial charge in [-0.25, -0.2) is 0 Å². The van der Waals surface area contributed by atoms with Crippen LogP contribution in [0, 0.1) is 10.1 Å². The zero-order chi connectivity index (χ0) is 11.0. The molecule has 7 heteroatoms. The number of nitrogens with zero attached hydrogens (tertiary/aromatic N) is 1. The molecule has 0 amide bonds. The van der Waals surface area contributed by atoms with Gasteiger partial charge in [0, 0.05) is 23.4 Å². The van der Waals surface area contributed by atoms with E-state index in [1.54, 1.807) is 18.2 Å². The third-order valence-electron chi connectivity index (χ3n) is 1.13. The van der Waals surface area contributed by atoms with Crippen molar-refractivity contribution in [2.24, 2.45) is 0 Å². The fourth-order valence-corrected chi connectivity index (χ4v) is 0.550. The summed E-state index contributed by atoms with van der Waals surface area (Å²) in [5, 5.41) is 10.0. The maximum atomic E-state index is 10.0. The Morgan fingerprint density at radius 2 is 1.79 bits per heavy atom. The van der Waals surface area contributed by atoms with Gasteiger partial charge in [-0.15, -0.1) is 0 Å². The van der Waals surface area contributed by atoms with Gasteiger partial charge in [-0.3, -0.25) is 19.0 Å². The summed E-state index contributed by atoms with van der Waals surface area (Å²) in [5.74, 6) is 0. The van der Waals surface area contributed by atoms with E-state index >= 15 is 0 Å². The highest BCUT2D eigenvalue weighted by molar-refractivity contribution is 7.77. The van der Waals surface area contributed by atoms with E-state index in [0.717, 1.165) is 0 Å². The second-order valence-electron chi connectivity index (χ2n) is 2.03. The van der Waals surface area contributed by atoms with Crippen LogP contribution in [0.5, 0.6) is 0 Å². The van der Waals surface area contributed by atoms with Gasteiger partial charge >= 0.3 is 0 Å². The lowest BCUT2D eigenvalue weighted by Crippen LogP contribution is -2.07. The van der Waals surface area contributed by atoms with Gasteiger partial charge in [-0.2, -0.15) is 0 Å². The number of rotatable bonds is 2. The van der Waals surface area contributed by atoms with Gasteiger partial charge in [-0.1, -0.05) is 18.2 Å². The normalized spacial score (nSPS) is 11.0. The van der Waals surface area contributed by atoms with Crippen molar-refractivity contribution >= 4 is 17.0 Å². The fraction of sp³-hybridized carbons (Fsp3) is 0.143. The van der Waals surface area contributed by atoms with Crippen molar-refractivity contribution in [3.63, 3.8) is 0 Å². The molecule has 0 spiro atoms. The van der Waals surface area contributed by atoms with Gasteiger partial charge in [0.05, 0.1) is 4.92 Å². The third kappa shape index (κ3) is 6.23. The Kier molecular flexibility index (Phi) is 6.46. The summed E-state index contributed by atoms with van der Waals surface area (Å²) in [6.45, 7) is 0. The Bertz CT molecular complexity index is 304. The molecule has 1 rings (SSSR count). The number of non-ortho nitro benzene ring substituents is 1. The number of para-hydroxylation sites is 1. The summed E-state index contributed by atoms with van der Waals surface area (Å²) in [4.78, 5) is 9.59. The molecule has 1 atom stereocenters. The Balaban J connectivity index is 0.000000292. The van der Waals surface area contributed by atoms with Crippen molar-refractivity contribution in [2.75, 3.05) is 7.05 Å². The molecule has 0 heterocycles. The molecule has 0 aliphatic heterocycles. The van der Waals surface area contributed by atoms with E-state index in [1.807, 2.05) is 4.72 Å². The van der Waals surface area contributed by atoms with Crippen molar-refractivity contribution in [2.45, 2.75) is 0 Å². The maximum Gasteiger partial charge on any atom is 0.269 e. The molecule has 0 saturated carbocycles. The highest BCUT2D eigenvalue weighted by Gasteiger charge is 1.98. The van der Waals surface area contributed by atoms with Crippen molar-refractivity contribution < 1.29 is 13.7 Å². The Hall–Kier alpha value is -1.31. The second-order valence-corrected chi connectivity index (χ2v) is 2.91. The summed E-state index contributed by atoms with van der Waals surface area (Å²) in [7, 11) is 1.34. The van der Waals surface area contributed by atoms with Crippen LogP contribution >= 0.6 is 0 Å². The van der Waals surface area contributed by atoms with Gasteiger partial charge in [0.2, 0.25) is 0 Å². The van der Waals surface area contributed by atoms with Crippen LogP contribution in [-0.4, -0.2) is 20.7 Å². The first-order chi connectivity index (χ1) is 6.57. The number of benzene rings is 1. The minimum Gasteiger partial charge on any atom is -0.760 e. The standard InChI is InChI=1S/C6H5NO2.CH5NO2S/c8-7(9)6-4-2-1-3-5-6;1-2-5(3)4/h1-5H;2H,1H3,(H,3,4)/p-1. The van der Waals surface area contributed by atoms with E-state index in [1.165, 1.54) is 19.2 Å². The zero-order valence-corrected chi connectivity index (χ0v) is 8.19. The van der Waals surface area contributed by atoms with Crippen LogP contribution in [0.15, 0.2) is 30.3 Å². The van der Waals surface area contributed by atoms with E-state index in [0.29, 0.717) is 0 Å². The highest BCUT2D eigenvalue weighted by atomic mass is 32.2. The number of hydrogen-bond donors (Lipinski definition) is 1. The lowest BCUT2D eigenvalue weighted by molar-refractivity contribution is -0.384. The largest absolute Gasteiger partial charge is 0.760 e. The first-order valence-electron chi connectivity index (χ1n) is 3.54. The highest BCUT2D eigenvalue weighted by Crippen LogP contribution is 2.06. The molecule has 1 unspecified atom stereocenters. The number of hydrogen-bond acceptors (Lipinski definition) is 4. The molecular formula is C7H9N2O4S-. The minimum absolute atomic E-state index is 0.137. The van der Waals surface area contributed by atoms with Crippen LogP contribution in [0.4, 0.5) is 5.69 Å². The predicted octanol–water partition coefficient (Wildman–Crippen LogP) is 0.595. The monoisotopic (exact) mass is 217 g/mol. The number of nitro groups is 1. The van der Waals surface area contributed by atoms with E-state index in [9.17, 15) is 18.9 Å². The van der Waals surface area contributed by atoms with E-state index in [2.05, 4.69) is 0 Å². The predicted molar refractivity (Wildman–Crippen MR) is 51.1 cm³/mol. The summed E-state index contributed by atoms with van der Waals surface area (Å²) in [6, 6.07) is 7.93. The summed E-state index contributed by atoms with van der Waals surface area (Å²) >= 11 is -2.07. The topological polar surface area (TPSA) is 95.3 Å². The van der Waals surface area contributed by atoms with E-state index < -0.39 is 16.2 Å². The van der Waals surface area contributed by atoms with Crippen LogP contribution in [0.2, 0.25) is 0 Å². The molecule has 6 nitrogen and oxygen atoms in total. The summed E-state index contributed by atoms with van der Waals surface area (Å²) in [6.07, 6.45) is 0. The van der Waals surface area contributed by atoms with Crippen molar-refractivity contribution in [3.8, 4) is 0 Å². The van der Waals surface area contributed by atoms with Crippen molar-refractivity contribution in [1.29, 1.82) is 0 Å². The molecule has 78 valence electrons. The van der Waals surface area contributed by atoms with Crippen molar-refractivity contribution in [1.82, 2.24) is 4.72 Å². The molecule has 14 heavy (non-hydrogen) atoms. The first kappa shape index (κ1) is 12.7. The van der Waals surface area contributed by atoms with Gasteiger partial charge in [0.1, 0.15) is 0 Å². The number of nitro benzene ring substituents is 1. The smallest absolute Gasteiger partial charge is 0.269 e. The van der Waals surface area contributed by atoms with Crippen LogP contribution in [-0.2, 0) is 11.3 Å². The lowest BCUT2D eigenvalue weighted by atomic mass is 10.3.